The number of nitrogens with one attached hydrogen (secondary N) is 1. The van der Waals surface area contributed by atoms with Crippen LogP contribution in [0.15, 0.2) is 24.3 Å². The number of rotatable bonds is 7. The summed E-state index contributed by atoms with van der Waals surface area (Å²) < 4.78 is 1.97. The molecule has 6 nitrogen and oxygen atoms in total. The Labute approximate surface area is 167 Å². The van der Waals surface area contributed by atoms with E-state index >= 15 is 0 Å². The van der Waals surface area contributed by atoms with Crippen LogP contribution in [0.25, 0.3) is 11.0 Å². The highest BCUT2D eigenvalue weighted by Gasteiger charge is 2.25. The third kappa shape index (κ3) is 4.54. The molecule has 0 spiro atoms. The van der Waals surface area contributed by atoms with Crippen LogP contribution in [0.4, 0.5) is 0 Å². The molecular formula is C22H32N4O2. The predicted molar refractivity (Wildman–Crippen MR) is 111 cm³/mol. The first kappa shape index (κ1) is 20.4. The highest BCUT2D eigenvalue weighted by Crippen LogP contribution is 2.24. The van der Waals surface area contributed by atoms with Crippen molar-refractivity contribution in [1.82, 2.24) is 19.8 Å². The summed E-state index contributed by atoms with van der Waals surface area (Å²) in [4.78, 5) is 31.8. The van der Waals surface area contributed by atoms with Gasteiger partial charge in [0, 0.05) is 19.5 Å². The van der Waals surface area contributed by atoms with Gasteiger partial charge in [0.25, 0.3) is 0 Å². The van der Waals surface area contributed by atoms with E-state index in [1.165, 1.54) is 19.3 Å². The molecule has 1 fully saturated rings. The smallest absolute Gasteiger partial charge is 0.242 e. The molecule has 1 aromatic heterocycles. The number of hydrogen-bond acceptors (Lipinski definition) is 3. The molecule has 1 heterocycles. The van der Waals surface area contributed by atoms with Crippen LogP contribution in [-0.4, -0.2) is 39.4 Å². The second-order valence-corrected chi connectivity index (χ2v) is 7.88. The predicted octanol–water partition coefficient (Wildman–Crippen LogP) is 3.80. The van der Waals surface area contributed by atoms with E-state index in [1.807, 2.05) is 54.6 Å². The maximum Gasteiger partial charge on any atom is 0.242 e. The molecule has 2 aromatic rings. The van der Waals surface area contributed by atoms with Crippen LogP contribution in [0.2, 0.25) is 0 Å². The normalized spacial score (nSPS) is 16.1. The minimum absolute atomic E-state index is 0.0132. The van der Waals surface area contributed by atoms with Crippen LogP contribution in [0.1, 0.15) is 70.7 Å². The second-order valence-electron chi connectivity index (χ2n) is 7.88. The molecule has 0 bridgehead atoms. The van der Waals surface area contributed by atoms with Gasteiger partial charge in [-0.05, 0) is 38.3 Å². The Kier molecular flexibility index (Phi) is 6.70. The fourth-order valence-corrected chi connectivity index (χ4v) is 4.11. The van der Waals surface area contributed by atoms with E-state index in [-0.39, 0.29) is 24.4 Å². The lowest BCUT2D eigenvalue weighted by Gasteiger charge is -2.31. The van der Waals surface area contributed by atoms with E-state index in [2.05, 4.69) is 5.32 Å². The maximum absolute atomic E-state index is 13.0. The van der Waals surface area contributed by atoms with Crippen LogP contribution in [0, 0.1) is 0 Å². The first-order valence-electron chi connectivity index (χ1n) is 10.5. The average Bonchev–Trinajstić information content (AvgIpc) is 3.07. The first-order chi connectivity index (χ1) is 13.5. The zero-order valence-electron chi connectivity index (χ0n) is 17.3. The Morgan fingerprint density at radius 2 is 1.96 bits per heavy atom. The van der Waals surface area contributed by atoms with E-state index in [1.54, 1.807) is 0 Å². The van der Waals surface area contributed by atoms with E-state index in [4.69, 9.17) is 4.98 Å². The van der Waals surface area contributed by atoms with Crippen molar-refractivity contribution in [2.75, 3.05) is 7.05 Å². The number of carbonyl (C=O) groups is 2. The summed E-state index contributed by atoms with van der Waals surface area (Å²) in [7, 11) is 1.92. The van der Waals surface area contributed by atoms with E-state index in [0.717, 1.165) is 36.1 Å². The van der Waals surface area contributed by atoms with Gasteiger partial charge < -0.3 is 14.8 Å². The molecule has 1 saturated carbocycles. The molecule has 152 valence electrons. The van der Waals surface area contributed by atoms with E-state index in [9.17, 15) is 9.59 Å². The van der Waals surface area contributed by atoms with Gasteiger partial charge in [-0.1, -0.05) is 38.3 Å². The first-order valence-corrected chi connectivity index (χ1v) is 10.5. The molecule has 0 saturated heterocycles. The van der Waals surface area contributed by atoms with Crippen molar-refractivity contribution in [2.45, 2.75) is 77.4 Å². The Balaban J connectivity index is 1.84. The molecule has 0 aliphatic heterocycles. The van der Waals surface area contributed by atoms with Crippen molar-refractivity contribution in [3.8, 4) is 0 Å². The molecule has 0 radical (unpaired) electrons. The summed E-state index contributed by atoms with van der Waals surface area (Å²) in [5.41, 5.74) is 1.78. The van der Waals surface area contributed by atoms with Crippen molar-refractivity contribution in [2.24, 2.45) is 0 Å². The van der Waals surface area contributed by atoms with E-state index < -0.39 is 0 Å². The summed E-state index contributed by atoms with van der Waals surface area (Å²) >= 11 is 0. The third-order valence-electron chi connectivity index (χ3n) is 5.74. The molecular weight excluding hydrogens is 352 g/mol. The van der Waals surface area contributed by atoms with Crippen molar-refractivity contribution >= 4 is 22.8 Å². The number of benzene rings is 1. The summed E-state index contributed by atoms with van der Waals surface area (Å²) in [6, 6.07) is 7.92. The van der Waals surface area contributed by atoms with Crippen molar-refractivity contribution in [3.05, 3.63) is 30.1 Å². The molecule has 28 heavy (non-hydrogen) atoms. The lowest BCUT2D eigenvalue weighted by Crippen LogP contribution is -2.40. The van der Waals surface area contributed by atoms with Gasteiger partial charge >= 0.3 is 0 Å². The number of carbonyl (C=O) groups excluding carboxylic acids is 2. The highest BCUT2D eigenvalue weighted by atomic mass is 16.2. The molecule has 1 aromatic carbocycles. The third-order valence-corrected chi connectivity index (χ3v) is 5.74. The minimum atomic E-state index is -0.251. The Hall–Kier alpha value is -2.37. The second kappa shape index (κ2) is 9.22. The lowest BCUT2D eigenvalue weighted by atomic mass is 9.94. The molecule has 2 amide bonds. The zero-order chi connectivity index (χ0) is 20.1. The Morgan fingerprint density at radius 1 is 1.25 bits per heavy atom. The van der Waals surface area contributed by atoms with Gasteiger partial charge in [-0.3, -0.25) is 9.59 Å². The standard InChI is InChI=1S/C22H32N4O2/c1-4-10-20(27)23-16(2)22-24-18-13-8-9-14-19(18)26(22)15-21(28)25(3)17-11-6-5-7-12-17/h8-9,13-14,16-17H,4-7,10-12,15H2,1-3H3,(H,23,27). The quantitative estimate of drug-likeness (QED) is 0.789. The fraction of sp³-hybridized carbons (Fsp3) is 0.591. The van der Waals surface area contributed by atoms with Gasteiger partial charge in [0.15, 0.2) is 0 Å². The molecule has 1 N–H and O–H groups in total. The molecule has 1 aliphatic rings. The molecule has 1 aliphatic carbocycles. The Bertz CT molecular complexity index is 823. The summed E-state index contributed by atoms with van der Waals surface area (Å²) in [5.74, 6) is 0.846. The summed E-state index contributed by atoms with van der Waals surface area (Å²) in [6.45, 7) is 4.16. The number of likely N-dealkylation sites (N-methyl/N-ethyl adjacent to an activating group) is 1. The monoisotopic (exact) mass is 384 g/mol. The van der Waals surface area contributed by atoms with Crippen molar-refractivity contribution in [3.63, 3.8) is 0 Å². The number of para-hydroxylation sites is 2. The van der Waals surface area contributed by atoms with Crippen LogP contribution in [0.5, 0.6) is 0 Å². The SMILES string of the molecule is CCCC(=O)NC(C)c1nc2ccccc2n1CC(=O)N(C)C1CCCCC1. The fourth-order valence-electron chi connectivity index (χ4n) is 4.11. The summed E-state index contributed by atoms with van der Waals surface area (Å²) in [6.07, 6.45) is 7.13. The molecule has 6 heteroatoms. The van der Waals surface area contributed by atoms with Crippen LogP contribution >= 0.6 is 0 Å². The maximum atomic E-state index is 13.0. The van der Waals surface area contributed by atoms with Gasteiger partial charge in [0.05, 0.1) is 17.1 Å². The number of aromatic nitrogens is 2. The minimum Gasteiger partial charge on any atom is -0.346 e. The van der Waals surface area contributed by atoms with Crippen molar-refractivity contribution < 1.29 is 9.59 Å². The van der Waals surface area contributed by atoms with Gasteiger partial charge in [-0.25, -0.2) is 4.98 Å². The topological polar surface area (TPSA) is 67.2 Å². The molecule has 1 atom stereocenters. The lowest BCUT2D eigenvalue weighted by molar-refractivity contribution is -0.133. The van der Waals surface area contributed by atoms with E-state index in [0.29, 0.717) is 12.5 Å². The van der Waals surface area contributed by atoms with Crippen LogP contribution < -0.4 is 5.32 Å². The van der Waals surface area contributed by atoms with Crippen LogP contribution in [-0.2, 0) is 16.1 Å². The van der Waals surface area contributed by atoms with Gasteiger partial charge in [-0.2, -0.15) is 0 Å². The van der Waals surface area contributed by atoms with Crippen LogP contribution in [0.3, 0.4) is 0 Å². The van der Waals surface area contributed by atoms with Gasteiger partial charge in [0.2, 0.25) is 11.8 Å². The highest BCUT2D eigenvalue weighted by molar-refractivity contribution is 5.82. The molecule has 3 rings (SSSR count). The number of fused-ring (bicyclic) bond motifs is 1. The largest absolute Gasteiger partial charge is 0.346 e. The van der Waals surface area contributed by atoms with Crippen molar-refractivity contribution in [1.29, 1.82) is 0 Å². The Morgan fingerprint density at radius 3 is 2.68 bits per heavy atom. The zero-order valence-corrected chi connectivity index (χ0v) is 17.3. The number of hydrogen-bond donors (Lipinski definition) is 1. The van der Waals surface area contributed by atoms with Gasteiger partial charge in [-0.15, -0.1) is 0 Å². The number of amides is 2. The van der Waals surface area contributed by atoms with Gasteiger partial charge in [0.1, 0.15) is 12.4 Å². The summed E-state index contributed by atoms with van der Waals surface area (Å²) in [5, 5.41) is 3.02. The molecule has 1 unspecified atom stereocenters. The average molecular weight is 385 g/mol. The number of nitrogens with zero attached hydrogens (tertiary/aromatic N) is 3. The number of imidazole rings is 1.